The molecule has 44 heavy (non-hydrogen) atoms. The average molecular weight is 606 g/mol. The second-order valence-corrected chi connectivity index (χ2v) is 13.6. The van der Waals surface area contributed by atoms with Gasteiger partial charge in [-0.3, -0.25) is 9.63 Å². The van der Waals surface area contributed by atoms with Crippen LogP contribution in [0.5, 0.6) is 0 Å². The summed E-state index contributed by atoms with van der Waals surface area (Å²) in [6.07, 6.45) is 3.90. The summed E-state index contributed by atoms with van der Waals surface area (Å²) in [6.45, 7) is 2.13. The smallest absolute Gasteiger partial charge is 0.283 e. The molecule has 0 aromatic heterocycles. The lowest BCUT2D eigenvalue weighted by Gasteiger charge is -2.40. The molecule has 4 aromatic carbocycles. The Labute approximate surface area is 258 Å². The van der Waals surface area contributed by atoms with Crippen molar-refractivity contribution in [2.45, 2.75) is 61.5 Å². The van der Waals surface area contributed by atoms with E-state index in [0.29, 0.717) is 0 Å². The number of carbonyl (C=O) groups is 1. The Morgan fingerprint density at radius 2 is 1.50 bits per heavy atom. The number of hydroxylamine groups is 2. The lowest BCUT2D eigenvalue weighted by atomic mass is 9.63. The molecule has 7 rings (SSSR count). The van der Waals surface area contributed by atoms with Gasteiger partial charge in [0, 0.05) is 5.69 Å². The van der Waals surface area contributed by atoms with Gasteiger partial charge in [0.05, 0.1) is 22.3 Å². The Balaban J connectivity index is 1.47. The van der Waals surface area contributed by atoms with Gasteiger partial charge in [-0.25, -0.2) is 5.06 Å². The molecular weight excluding hydrogens is 570 g/mol. The van der Waals surface area contributed by atoms with Crippen molar-refractivity contribution in [1.82, 2.24) is 5.06 Å². The van der Waals surface area contributed by atoms with Crippen LogP contribution in [0, 0.1) is 12.8 Å². The van der Waals surface area contributed by atoms with Gasteiger partial charge in [-0.2, -0.15) is 8.42 Å². The van der Waals surface area contributed by atoms with Gasteiger partial charge in [0.25, 0.3) is 15.9 Å². The van der Waals surface area contributed by atoms with Gasteiger partial charge in [-0.1, -0.05) is 109 Å². The first kappa shape index (κ1) is 28.5. The molecule has 1 saturated carbocycles. The largest absolute Gasteiger partial charge is 0.342 e. The highest BCUT2D eigenvalue weighted by atomic mass is 32.2. The topological polar surface area (TPSA) is 88.1 Å². The highest BCUT2D eigenvalue weighted by molar-refractivity contribution is 7.90. The summed E-state index contributed by atoms with van der Waals surface area (Å²) in [6, 6.07) is 33.5. The Morgan fingerprint density at radius 3 is 2.20 bits per heavy atom. The van der Waals surface area contributed by atoms with E-state index in [4.69, 9.17) is 4.84 Å². The number of para-hydroxylation sites is 1. The second kappa shape index (κ2) is 11.3. The van der Waals surface area contributed by atoms with Crippen molar-refractivity contribution in [3.05, 3.63) is 131 Å². The Bertz CT molecular complexity index is 1800. The first-order valence-electron chi connectivity index (χ1n) is 15.2. The van der Waals surface area contributed by atoms with Gasteiger partial charge in [-0.15, -0.1) is 4.40 Å². The zero-order valence-corrected chi connectivity index (χ0v) is 25.4. The van der Waals surface area contributed by atoms with E-state index in [0.717, 1.165) is 53.6 Å². The second-order valence-electron chi connectivity index (χ2n) is 12.0. The summed E-state index contributed by atoms with van der Waals surface area (Å²) in [5, 5.41) is 4.99. The van der Waals surface area contributed by atoms with Crippen molar-refractivity contribution >= 4 is 27.5 Å². The van der Waals surface area contributed by atoms with Crippen LogP contribution in [0.1, 0.15) is 53.9 Å². The number of sulfonamides is 1. The molecular formula is C36H35N3O4S. The minimum Gasteiger partial charge on any atom is -0.342 e. The molecule has 3 unspecified atom stereocenters. The third kappa shape index (κ3) is 4.73. The fraction of sp³-hybridized carbons (Fsp3) is 0.278. The molecule has 7 nitrogen and oxygen atoms in total. The van der Waals surface area contributed by atoms with E-state index in [1.54, 1.807) is 29.3 Å². The Morgan fingerprint density at radius 1 is 0.864 bits per heavy atom. The molecule has 3 aliphatic rings. The molecule has 2 aliphatic heterocycles. The number of amidine groups is 1. The summed E-state index contributed by atoms with van der Waals surface area (Å²) in [5.74, 6) is -0.594. The summed E-state index contributed by atoms with van der Waals surface area (Å²) >= 11 is 0. The van der Waals surface area contributed by atoms with Gasteiger partial charge < -0.3 is 5.32 Å². The highest BCUT2D eigenvalue weighted by Gasteiger charge is 2.68. The number of nitrogens with one attached hydrogen (secondary N) is 1. The number of fused-ring (bicyclic) bond motifs is 2. The number of nitrogens with zero attached hydrogens (tertiary/aromatic N) is 2. The summed E-state index contributed by atoms with van der Waals surface area (Å²) in [5.41, 5.74) is 3.19. The van der Waals surface area contributed by atoms with E-state index in [-0.39, 0.29) is 29.2 Å². The van der Waals surface area contributed by atoms with Crippen molar-refractivity contribution in [1.29, 1.82) is 0 Å². The molecule has 0 bridgehead atoms. The molecule has 1 aliphatic carbocycles. The van der Waals surface area contributed by atoms with Crippen molar-refractivity contribution in [2.75, 3.05) is 5.32 Å². The first-order valence-corrected chi connectivity index (χ1v) is 16.7. The summed E-state index contributed by atoms with van der Waals surface area (Å²) < 4.78 is 32.5. The van der Waals surface area contributed by atoms with E-state index in [9.17, 15) is 13.2 Å². The quantitative estimate of drug-likeness (QED) is 0.251. The fourth-order valence-corrected chi connectivity index (χ4v) is 8.47. The van der Waals surface area contributed by atoms with Crippen molar-refractivity contribution in [3.63, 3.8) is 0 Å². The van der Waals surface area contributed by atoms with Gasteiger partial charge in [0.15, 0.2) is 0 Å². The minimum atomic E-state index is -4.13. The number of benzene rings is 4. The predicted octanol–water partition coefficient (Wildman–Crippen LogP) is 6.76. The van der Waals surface area contributed by atoms with Crippen LogP contribution in [0.3, 0.4) is 0 Å². The van der Waals surface area contributed by atoms with Gasteiger partial charge in [0.2, 0.25) is 0 Å². The van der Waals surface area contributed by atoms with Crippen molar-refractivity contribution < 1.29 is 18.0 Å². The third-order valence-electron chi connectivity index (χ3n) is 9.38. The van der Waals surface area contributed by atoms with Gasteiger partial charge in [-0.05, 0) is 60.6 Å². The molecule has 1 saturated heterocycles. The maximum absolute atomic E-state index is 14.9. The van der Waals surface area contributed by atoms with E-state index in [1.807, 2.05) is 91.9 Å². The number of aryl methyl sites for hydroxylation is 1. The number of hydrogen-bond donors (Lipinski definition) is 1. The van der Waals surface area contributed by atoms with Crippen LogP contribution in [0.2, 0.25) is 0 Å². The zero-order chi connectivity index (χ0) is 30.3. The van der Waals surface area contributed by atoms with Gasteiger partial charge in [0.1, 0.15) is 12.4 Å². The molecule has 1 spiro atoms. The van der Waals surface area contributed by atoms with Crippen LogP contribution in [0.15, 0.2) is 118 Å². The summed E-state index contributed by atoms with van der Waals surface area (Å²) in [4.78, 5) is 21.5. The molecule has 1 N–H and O–H groups in total. The third-order valence-corrected chi connectivity index (χ3v) is 10.7. The number of hydrogen-bond acceptors (Lipinski definition) is 4. The predicted molar refractivity (Wildman–Crippen MR) is 171 cm³/mol. The first-order chi connectivity index (χ1) is 21.4. The van der Waals surface area contributed by atoms with E-state index in [1.165, 1.54) is 0 Å². The normalized spacial score (nSPS) is 24.2. The number of carbonyl (C=O) groups excluding carboxylic acids is 1. The van der Waals surface area contributed by atoms with Crippen LogP contribution < -0.4 is 5.32 Å². The highest BCUT2D eigenvalue weighted by Crippen LogP contribution is 2.59. The van der Waals surface area contributed by atoms with Crippen LogP contribution in [-0.2, 0) is 31.7 Å². The van der Waals surface area contributed by atoms with Crippen LogP contribution in [-0.4, -0.2) is 31.3 Å². The van der Waals surface area contributed by atoms with E-state index in [2.05, 4.69) is 9.71 Å². The molecule has 3 atom stereocenters. The standard InChI is InChI=1S/C36H35N3O4S/c1-25-20-22-29(23-21-25)44(41,42)38-35-36(30-18-10-11-19-31(30)37-35)32(27-14-6-3-7-15-27)34(40)39(33(36)28-16-8-9-17-28)43-24-26-12-4-2-5-13-26/h2-7,10-15,18-23,28,32-33H,8-9,16-17,24H2,1H3,(H,37,38). The van der Waals surface area contributed by atoms with Crippen LogP contribution in [0.4, 0.5) is 5.69 Å². The Hall–Kier alpha value is -4.27. The lowest BCUT2D eigenvalue weighted by Crippen LogP contribution is -2.52. The molecule has 4 aromatic rings. The number of anilines is 1. The fourth-order valence-electron chi connectivity index (χ4n) is 7.45. The minimum absolute atomic E-state index is 0.0867. The SMILES string of the molecule is Cc1ccc(S(=O)(=O)/N=C2\Nc3ccccc3C23C(c2ccccc2)C(=O)N(OCc2ccccc2)C3C2CCCC2)cc1. The molecule has 2 heterocycles. The molecule has 224 valence electrons. The van der Waals surface area contributed by atoms with Crippen molar-refractivity contribution in [3.8, 4) is 0 Å². The lowest BCUT2D eigenvalue weighted by molar-refractivity contribution is -0.202. The molecule has 8 heteroatoms. The van der Waals surface area contributed by atoms with Crippen LogP contribution >= 0.6 is 0 Å². The monoisotopic (exact) mass is 605 g/mol. The average Bonchev–Trinajstić information content (AvgIpc) is 3.73. The molecule has 0 radical (unpaired) electrons. The Kier molecular flexibility index (Phi) is 7.34. The molecule has 1 amide bonds. The zero-order valence-electron chi connectivity index (χ0n) is 24.6. The summed E-state index contributed by atoms with van der Waals surface area (Å²) in [7, 11) is -4.13. The maximum atomic E-state index is 14.9. The van der Waals surface area contributed by atoms with Crippen LogP contribution in [0.25, 0.3) is 0 Å². The maximum Gasteiger partial charge on any atom is 0.283 e. The van der Waals surface area contributed by atoms with E-state index >= 15 is 0 Å². The molecule has 2 fully saturated rings. The van der Waals surface area contributed by atoms with E-state index < -0.39 is 27.4 Å². The number of rotatable bonds is 7. The van der Waals surface area contributed by atoms with Gasteiger partial charge >= 0.3 is 0 Å². The number of amides is 1. The van der Waals surface area contributed by atoms with Crippen molar-refractivity contribution in [2.24, 2.45) is 10.3 Å².